The SMILES string of the molecule is C[C@@H](OC(=O)c1ccccn1)C(=O)Nc1cc(Cl)ccc1Cl. The van der Waals surface area contributed by atoms with Gasteiger partial charge < -0.3 is 10.1 Å². The van der Waals surface area contributed by atoms with Crippen molar-refractivity contribution in [3.05, 3.63) is 58.3 Å². The van der Waals surface area contributed by atoms with Gasteiger partial charge in [0.2, 0.25) is 0 Å². The summed E-state index contributed by atoms with van der Waals surface area (Å²) in [5, 5.41) is 3.32. The minimum absolute atomic E-state index is 0.128. The quantitative estimate of drug-likeness (QED) is 0.865. The van der Waals surface area contributed by atoms with Gasteiger partial charge in [-0.15, -0.1) is 0 Å². The number of nitrogens with one attached hydrogen (secondary N) is 1. The molecule has 0 aliphatic carbocycles. The number of nitrogens with zero attached hydrogens (tertiary/aromatic N) is 1. The zero-order chi connectivity index (χ0) is 16.1. The van der Waals surface area contributed by atoms with Crippen molar-refractivity contribution in [3.8, 4) is 0 Å². The van der Waals surface area contributed by atoms with E-state index in [1.54, 1.807) is 24.3 Å². The monoisotopic (exact) mass is 338 g/mol. The third-order valence-corrected chi connectivity index (χ3v) is 3.28. The summed E-state index contributed by atoms with van der Waals surface area (Å²) in [5.74, 6) is -1.20. The first-order chi connectivity index (χ1) is 10.5. The first kappa shape index (κ1) is 16.3. The van der Waals surface area contributed by atoms with Crippen molar-refractivity contribution >= 4 is 40.8 Å². The third kappa shape index (κ3) is 4.19. The molecule has 0 saturated heterocycles. The topological polar surface area (TPSA) is 68.3 Å². The molecular weight excluding hydrogens is 327 g/mol. The van der Waals surface area contributed by atoms with E-state index in [-0.39, 0.29) is 5.69 Å². The number of carbonyl (C=O) groups excluding carboxylic acids is 2. The van der Waals surface area contributed by atoms with Crippen molar-refractivity contribution < 1.29 is 14.3 Å². The Hall–Kier alpha value is -2.11. The van der Waals surface area contributed by atoms with Crippen molar-refractivity contribution in [2.75, 3.05) is 5.32 Å². The number of esters is 1. The molecule has 0 unspecified atom stereocenters. The number of halogens is 2. The average molecular weight is 339 g/mol. The summed E-state index contributed by atoms with van der Waals surface area (Å²) in [6, 6.07) is 9.50. The average Bonchev–Trinajstić information content (AvgIpc) is 2.51. The smallest absolute Gasteiger partial charge is 0.357 e. The number of hydrogen-bond donors (Lipinski definition) is 1. The van der Waals surface area contributed by atoms with Crippen LogP contribution in [0.5, 0.6) is 0 Å². The van der Waals surface area contributed by atoms with Crippen LogP contribution in [-0.2, 0) is 9.53 Å². The third-order valence-electron chi connectivity index (χ3n) is 2.71. The fourth-order valence-electron chi connectivity index (χ4n) is 1.59. The fourth-order valence-corrected chi connectivity index (χ4v) is 1.92. The van der Waals surface area contributed by atoms with Gasteiger partial charge in [0.15, 0.2) is 6.10 Å². The molecule has 0 saturated carbocycles. The summed E-state index contributed by atoms with van der Waals surface area (Å²) in [5.41, 5.74) is 0.475. The van der Waals surface area contributed by atoms with Crippen LogP contribution in [0.1, 0.15) is 17.4 Å². The summed E-state index contributed by atoms with van der Waals surface area (Å²) in [6.07, 6.45) is 0.456. The number of carbonyl (C=O) groups is 2. The molecule has 114 valence electrons. The number of hydrogen-bond acceptors (Lipinski definition) is 4. The second-order valence-electron chi connectivity index (χ2n) is 4.38. The van der Waals surface area contributed by atoms with E-state index in [0.29, 0.717) is 15.7 Å². The summed E-state index contributed by atoms with van der Waals surface area (Å²) in [6.45, 7) is 1.45. The van der Waals surface area contributed by atoms with E-state index >= 15 is 0 Å². The lowest BCUT2D eigenvalue weighted by Crippen LogP contribution is -2.30. The maximum atomic E-state index is 12.0. The van der Waals surface area contributed by atoms with E-state index in [0.717, 1.165) is 0 Å². The number of aromatic nitrogens is 1. The predicted molar refractivity (Wildman–Crippen MR) is 84.2 cm³/mol. The molecule has 0 spiro atoms. The lowest BCUT2D eigenvalue weighted by molar-refractivity contribution is -0.123. The molecule has 1 N–H and O–H groups in total. The molecule has 1 atom stereocenters. The molecule has 2 aromatic rings. The molecule has 0 bridgehead atoms. The zero-order valence-electron chi connectivity index (χ0n) is 11.5. The van der Waals surface area contributed by atoms with Crippen molar-refractivity contribution in [2.45, 2.75) is 13.0 Å². The number of ether oxygens (including phenoxy) is 1. The number of amides is 1. The number of anilines is 1. The van der Waals surface area contributed by atoms with Gasteiger partial charge in [-0.3, -0.25) is 4.79 Å². The molecule has 1 aromatic heterocycles. The van der Waals surface area contributed by atoms with Crippen LogP contribution in [0.3, 0.4) is 0 Å². The van der Waals surface area contributed by atoms with Gasteiger partial charge >= 0.3 is 5.97 Å². The van der Waals surface area contributed by atoms with E-state index in [4.69, 9.17) is 27.9 Å². The van der Waals surface area contributed by atoms with Gasteiger partial charge in [0, 0.05) is 11.2 Å². The molecular formula is C15H12Cl2N2O3. The van der Waals surface area contributed by atoms with Crippen LogP contribution >= 0.6 is 23.2 Å². The van der Waals surface area contributed by atoms with Crippen molar-refractivity contribution in [2.24, 2.45) is 0 Å². The zero-order valence-corrected chi connectivity index (χ0v) is 13.1. The number of rotatable bonds is 4. The van der Waals surface area contributed by atoms with Gasteiger partial charge in [0.05, 0.1) is 10.7 Å². The van der Waals surface area contributed by atoms with E-state index in [9.17, 15) is 9.59 Å². The van der Waals surface area contributed by atoms with Crippen LogP contribution in [-0.4, -0.2) is 23.0 Å². The van der Waals surface area contributed by atoms with Gasteiger partial charge in [0.1, 0.15) is 5.69 Å². The second kappa shape index (κ2) is 7.24. The molecule has 0 fully saturated rings. The molecule has 22 heavy (non-hydrogen) atoms. The van der Waals surface area contributed by atoms with Crippen molar-refractivity contribution in [3.63, 3.8) is 0 Å². The van der Waals surface area contributed by atoms with Gasteiger partial charge in [-0.1, -0.05) is 29.3 Å². The van der Waals surface area contributed by atoms with E-state index in [2.05, 4.69) is 10.3 Å². The van der Waals surface area contributed by atoms with Crippen molar-refractivity contribution in [1.82, 2.24) is 4.98 Å². The van der Waals surface area contributed by atoms with Gasteiger partial charge in [0.25, 0.3) is 5.91 Å². The van der Waals surface area contributed by atoms with Gasteiger partial charge in [-0.25, -0.2) is 9.78 Å². The Balaban J connectivity index is 2.00. The Bertz CT molecular complexity index is 692. The summed E-state index contributed by atoms with van der Waals surface area (Å²) >= 11 is 11.8. The van der Waals surface area contributed by atoms with Crippen LogP contribution in [0.25, 0.3) is 0 Å². The van der Waals surface area contributed by atoms with E-state index < -0.39 is 18.0 Å². The normalized spacial score (nSPS) is 11.6. The molecule has 5 nitrogen and oxygen atoms in total. The van der Waals surface area contributed by atoms with E-state index in [1.807, 2.05) is 0 Å². The van der Waals surface area contributed by atoms with Crippen LogP contribution in [0.2, 0.25) is 10.0 Å². The highest BCUT2D eigenvalue weighted by molar-refractivity contribution is 6.35. The second-order valence-corrected chi connectivity index (χ2v) is 5.22. The Morgan fingerprint density at radius 3 is 2.68 bits per heavy atom. The highest BCUT2D eigenvalue weighted by Crippen LogP contribution is 2.25. The molecule has 0 radical (unpaired) electrons. The molecule has 1 heterocycles. The van der Waals surface area contributed by atoms with Crippen LogP contribution in [0.4, 0.5) is 5.69 Å². The summed E-state index contributed by atoms with van der Waals surface area (Å²) in [4.78, 5) is 27.7. The Morgan fingerprint density at radius 2 is 2.00 bits per heavy atom. The molecule has 0 aliphatic rings. The minimum Gasteiger partial charge on any atom is -0.448 e. The molecule has 2 rings (SSSR count). The highest BCUT2D eigenvalue weighted by atomic mass is 35.5. The summed E-state index contributed by atoms with van der Waals surface area (Å²) < 4.78 is 5.05. The van der Waals surface area contributed by atoms with Gasteiger partial charge in [-0.2, -0.15) is 0 Å². The first-order valence-electron chi connectivity index (χ1n) is 6.35. The minimum atomic E-state index is -1.01. The Labute approximate surface area is 137 Å². The molecule has 1 aromatic carbocycles. The number of benzene rings is 1. The Kier molecular flexibility index (Phi) is 5.35. The molecule has 1 amide bonds. The lowest BCUT2D eigenvalue weighted by Gasteiger charge is -2.14. The van der Waals surface area contributed by atoms with Crippen LogP contribution in [0.15, 0.2) is 42.6 Å². The predicted octanol–water partition coefficient (Wildman–Crippen LogP) is 3.57. The maximum absolute atomic E-state index is 12.0. The maximum Gasteiger partial charge on any atom is 0.357 e. The van der Waals surface area contributed by atoms with Crippen LogP contribution in [0, 0.1) is 0 Å². The standard InChI is InChI=1S/C15H12Cl2N2O3/c1-9(22-15(21)12-4-2-3-7-18-12)14(20)19-13-8-10(16)5-6-11(13)17/h2-9H,1H3,(H,19,20)/t9-/m1/s1. The number of pyridine rings is 1. The fraction of sp³-hybridized carbons (Fsp3) is 0.133. The highest BCUT2D eigenvalue weighted by Gasteiger charge is 2.20. The van der Waals surface area contributed by atoms with Crippen molar-refractivity contribution in [1.29, 1.82) is 0 Å². The lowest BCUT2D eigenvalue weighted by atomic mass is 10.3. The first-order valence-corrected chi connectivity index (χ1v) is 7.11. The van der Waals surface area contributed by atoms with Gasteiger partial charge in [-0.05, 0) is 37.3 Å². The van der Waals surface area contributed by atoms with E-state index in [1.165, 1.54) is 25.3 Å². The molecule has 7 heteroatoms. The largest absolute Gasteiger partial charge is 0.448 e. The Morgan fingerprint density at radius 1 is 1.23 bits per heavy atom. The van der Waals surface area contributed by atoms with Crippen LogP contribution < -0.4 is 5.32 Å². The molecule has 0 aliphatic heterocycles. The summed E-state index contributed by atoms with van der Waals surface area (Å²) in [7, 11) is 0.